The average molecular weight is 252 g/mol. The van der Waals surface area contributed by atoms with Crippen LogP contribution in [-0.2, 0) is 0 Å². The second-order valence-corrected chi connectivity index (χ2v) is 3.46. The van der Waals surface area contributed by atoms with Gasteiger partial charge in [-0.1, -0.05) is 42.5 Å². The van der Waals surface area contributed by atoms with Gasteiger partial charge in [0.1, 0.15) is 5.75 Å². The molecule has 0 fully saturated rings. The molecule has 1 N–H and O–H groups in total. The van der Waals surface area contributed by atoms with Crippen molar-refractivity contribution in [1.82, 2.24) is 0 Å². The van der Waals surface area contributed by atoms with E-state index < -0.39 is 6.79 Å². The fraction of sp³-hybridized carbons (Fsp3) is 0.0714. The Kier molecular flexibility index (Phi) is 6.09. The number of hydrogen-bond donors (Lipinski definition) is 1. The van der Waals surface area contributed by atoms with E-state index in [-0.39, 0.29) is 36.8 Å². The second-order valence-electron chi connectivity index (χ2n) is 3.46. The molecule has 2 aromatic carbocycles. The van der Waals surface area contributed by atoms with Crippen molar-refractivity contribution in [3.8, 4) is 5.75 Å². The molecule has 18 heavy (non-hydrogen) atoms. The van der Waals surface area contributed by atoms with Crippen LogP contribution in [0.5, 0.6) is 5.75 Å². The van der Waals surface area contributed by atoms with Gasteiger partial charge in [0.2, 0.25) is 0 Å². The number of hydrogen-bond acceptors (Lipinski definition) is 3. The molecule has 88 valence electrons. The van der Waals surface area contributed by atoms with Crippen molar-refractivity contribution >= 4 is 5.78 Å². The first-order valence-corrected chi connectivity index (χ1v) is 5.25. The summed E-state index contributed by atoms with van der Waals surface area (Å²) in [5.41, 5.74) is 1.05. The van der Waals surface area contributed by atoms with Gasteiger partial charge in [0.25, 0.3) is 0 Å². The minimum atomic E-state index is -0.445. The fourth-order valence-electron chi connectivity index (χ4n) is 1.59. The van der Waals surface area contributed by atoms with Gasteiger partial charge < -0.3 is 11.3 Å². The summed E-state index contributed by atoms with van der Waals surface area (Å²) >= 11 is 0. The second kappa shape index (κ2) is 7.34. The summed E-state index contributed by atoms with van der Waals surface area (Å²) in [6.07, 6.45) is 0. The summed E-state index contributed by atoms with van der Waals surface area (Å²) in [4.78, 5) is 12.2. The van der Waals surface area contributed by atoms with Crippen molar-refractivity contribution in [2.45, 2.75) is 0 Å². The number of ether oxygens (including phenoxy) is 1. The van der Waals surface area contributed by atoms with Crippen molar-refractivity contribution in [1.29, 1.82) is 0 Å². The number of aliphatic hydroxyl groups excluding tert-OH is 1. The van der Waals surface area contributed by atoms with Crippen molar-refractivity contribution in [2.24, 2.45) is 0 Å². The van der Waals surface area contributed by atoms with Gasteiger partial charge in [0.05, 0.1) is 5.56 Å². The molecule has 0 saturated carbocycles. The summed E-state index contributed by atoms with van der Waals surface area (Å²) in [5.74, 6) is 0.276. The van der Waals surface area contributed by atoms with Crippen LogP contribution in [0.4, 0.5) is 0 Å². The molecule has 4 heteroatoms. The van der Waals surface area contributed by atoms with Crippen LogP contribution >= 0.6 is 0 Å². The van der Waals surface area contributed by atoms with Crippen LogP contribution in [-0.4, -0.2) is 17.7 Å². The van der Waals surface area contributed by atoms with Crippen molar-refractivity contribution in [3.63, 3.8) is 0 Å². The fourth-order valence-corrected chi connectivity index (χ4v) is 1.59. The van der Waals surface area contributed by atoms with Crippen LogP contribution in [0.25, 0.3) is 0 Å². The molecule has 2 aromatic rings. The van der Waals surface area contributed by atoms with Gasteiger partial charge in [-0.15, -0.1) is 0 Å². The monoisotopic (exact) mass is 252 g/mol. The van der Waals surface area contributed by atoms with Crippen molar-refractivity contribution in [3.05, 3.63) is 65.7 Å². The van der Waals surface area contributed by atoms with E-state index in [0.29, 0.717) is 16.9 Å². The Morgan fingerprint density at radius 1 is 1.06 bits per heavy atom. The van der Waals surface area contributed by atoms with E-state index >= 15 is 0 Å². The summed E-state index contributed by atoms with van der Waals surface area (Å²) in [6.45, 7) is -0.445. The molecular formula is C14H13NaO3. The first kappa shape index (κ1) is 14.9. The third-order valence-electron chi connectivity index (χ3n) is 2.39. The molecule has 3 nitrogen and oxygen atoms in total. The minimum Gasteiger partial charge on any atom is -1.00 e. The van der Waals surface area contributed by atoms with E-state index in [1.54, 1.807) is 36.4 Å². The number of carbonyl (C=O) groups excluding carboxylic acids is 1. The Morgan fingerprint density at radius 2 is 1.67 bits per heavy atom. The molecule has 0 aromatic heterocycles. The SMILES string of the molecule is O=C(c1ccccc1)c1ccccc1OCO.[H-].[Na+]. The van der Waals surface area contributed by atoms with Crippen LogP contribution in [0.15, 0.2) is 54.6 Å². The quantitative estimate of drug-likeness (QED) is 0.447. The van der Waals surface area contributed by atoms with Crippen LogP contribution in [0.1, 0.15) is 17.3 Å². The minimum absolute atomic E-state index is 0. The molecule has 0 unspecified atom stereocenters. The maximum absolute atomic E-state index is 12.2. The van der Waals surface area contributed by atoms with E-state index in [0.717, 1.165) is 0 Å². The van der Waals surface area contributed by atoms with E-state index in [1.165, 1.54) is 0 Å². The summed E-state index contributed by atoms with van der Waals surface area (Å²) in [7, 11) is 0. The van der Waals surface area contributed by atoms with Crippen LogP contribution in [0, 0.1) is 0 Å². The third-order valence-corrected chi connectivity index (χ3v) is 2.39. The van der Waals surface area contributed by atoms with Gasteiger partial charge in [-0.05, 0) is 12.1 Å². The number of ketones is 1. The van der Waals surface area contributed by atoms with Gasteiger partial charge in [-0.2, -0.15) is 0 Å². The smallest absolute Gasteiger partial charge is 1.00 e. The Bertz CT molecular complexity index is 517. The van der Waals surface area contributed by atoms with Crippen LogP contribution in [0.2, 0.25) is 0 Å². The molecule has 0 atom stereocenters. The molecule has 0 amide bonds. The maximum Gasteiger partial charge on any atom is 1.00 e. The molecule has 0 bridgehead atoms. The third kappa shape index (κ3) is 3.43. The zero-order valence-corrected chi connectivity index (χ0v) is 12.2. The number of rotatable bonds is 4. The van der Waals surface area contributed by atoms with E-state index in [1.807, 2.05) is 18.2 Å². The van der Waals surface area contributed by atoms with Crippen LogP contribution < -0.4 is 34.3 Å². The molecule has 2 rings (SSSR count). The summed E-state index contributed by atoms with van der Waals surface area (Å²) in [6, 6.07) is 15.8. The van der Waals surface area contributed by atoms with Crippen molar-refractivity contribution < 1.29 is 45.6 Å². The van der Waals surface area contributed by atoms with E-state index in [2.05, 4.69) is 0 Å². The molecule has 0 aliphatic rings. The largest absolute Gasteiger partial charge is 1.00 e. The van der Waals surface area contributed by atoms with Crippen LogP contribution in [0.3, 0.4) is 0 Å². The zero-order chi connectivity index (χ0) is 12.1. The van der Waals surface area contributed by atoms with E-state index in [9.17, 15) is 4.79 Å². The van der Waals surface area contributed by atoms with Crippen molar-refractivity contribution in [2.75, 3.05) is 6.79 Å². The first-order valence-electron chi connectivity index (χ1n) is 5.25. The number of para-hydroxylation sites is 1. The predicted molar refractivity (Wildman–Crippen MR) is 65.1 cm³/mol. The first-order chi connectivity index (χ1) is 8.33. The Labute approximate surface area is 129 Å². The average Bonchev–Trinajstić information content (AvgIpc) is 2.40. The normalized spacial score (nSPS) is 9.39. The predicted octanol–water partition coefficient (Wildman–Crippen LogP) is -0.637. The molecule has 0 spiro atoms. The maximum atomic E-state index is 12.2. The number of carbonyl (C=O) groups is 1. The van der Waals surface area contributed by atoms with Gasteiger partial charge in [0, 0.05) is 5.56 Å². The molecular weight excluding hydrogens is 239 g/mol. The standard InChI is InChI=1S/C14H12O3.Na.H/c15-10-17-13-9-5-4-8-12(13)14(16)11-6-2-1-3-7-11;;/h1-9,15H,10H2;;/q;+1;-1. The molecule has 0 aliphatic heterocycles. The Morgan fingerprint density at radius 3 is 2.33 bits per heavy atom. The molecule has 0 saturated heterocycles. The molecule has 0 radical (unpaired) electrons. The Hall–Kier alpha value is -1.13. The topological polar surface area (TPSA) is 46.5 Å². The van der Waals surface area contributed by atoms with Gasteiger partial charge in [-0.25, -0.2) is 0 Å². The summed E-state index contributed by atoms with van der Waals surface area (Å²) in [5, 5.41) is 8.76. The Balaban J connectivity index is 0.00000162. The number of aliphatic hydroxyl groups is 1. The summed E-state index contributed by atoms with van der Waals surface area (Å²) < 4.78 is 5.01. The van der Waals surface area contributed by atoms with Gasteiger partial charge >= 0.3 is 29.6 Å². The van der Waals surface area contributed by atoms with Gasteiger partial charge in [0.15, 0.2) is 12.6 Å². The van der Waals surface area contributed by atoms with Gasteiger partial charge in [-0.3, -0.25) is 4.79 Å². The number of benzene rings is 2. The zero-order valence-electron chi connectivity index (χ0n) is 11.2. The molecule has 0 heterocycles. The molecule has 0 aliphatic carbocycles. The van der Waals surface area contributed by atoms with E-state index in [4.69, 9.17) is 9.84 Å².